The molecule has 5 aromatic carbocycles. The molecule has 100 valence electrons. The molecule has 0 amide bonds. The third-order valence-electron chi connectivity index (χ3n) is 4.72. The van der Waals surface area contributed by atoms with E-state index < -0.39 is 0 Å². The summed E-state index contributed by atoms with van der Waals surface area (Å²) in [4.78, 5) is 0. The van der Waals surface area contributed by atoms with E-state index in [1.807, 2.05) is 0 Å². The first kappa shape index (κ1) is 13.6. The van der Waals surface area contributed by atoms with Crippen LogP contribution >= 0.6 is 0 Å². The first-order chi connectivity index (χ1) is 10.3. The van der Waals surface area contributed by atoms with Gasteiger partial charge in [0.2, 0.25) is 0 Å². The summed E-state index contributed by atoms with van der Waals surface area (Å²) in [5, 5.41) is 11.0. The standard InChI is InChI=1S/C21H14.Li.H/c1-13-11-12-15-7-3-9-17-16-8-2-5-14-6-4-10-18(20(14)16)19(13)21(15)17;;/h2-12H,1H3;;/q;+1;-1. The fourth-order valence-electron chi connectivity index (χ4n) is 3.83. The number of hydrogen-bond acceptors (Lipinski definition) is 0. The van der Waals surface area contributed by atoms with Crippen LogP contribution in [0.3, 0.4) is 0 Å². The average Bonchev–Trinajstić information content (AvgIpc) is 2.53. The predicted octanol–water partition coefficient (Wildman–Crippen LogP) is 3.16. The Kier molecular flexibility index (Phi) is 2.95. The van der Waals surface area contributed by atoms with Crippen LogP contribution in [0, 0.1) is 6.92 Å². The number of aryl methyl sites for hydroxylation is 1. The molecule has 0 bridgehead atoms. The van der Waals surface area contributed by atoms with Gasteiger partial charge in [-0.2, -0.15) is 0 Å². The Hall–Kier alpha value is -2.00. The van der Waals surface area contributed by atoms with E-state index in [0.717, 1.165) is 0 Å². The van der Waals surface area contributed by atoms with Gasteiger partial charge in [0, 0.05) is 0 Å². The van der Waals surface area contributed by atoms with Crippen molar-refractivity contribution in [3.63, 3.8) is 0 Å². The summed E-state index contributed by atoms with van der Waals surface area (Å²) in [6, 6.07) is 24.4. The van der Waals surface area contributed by atoms with Gasteiger partial charge in [-0.15, -0.1) is 0 Å². The van der Waals surface area contributed by atoms with Crippen LogP contribution in [-0.2, 0) is 0 Å². The molecule has 0 unspecified atom stereocenters. The fraction of sp³-hybridized carbons (Fsp3) is 0.0476. The maximum absolute atomic E-state index is 2.27. The molecule has 0 saturated heterocycles. The normalized spacial score (nSPS) is 11.5. The van der Waals surface area contributed by atoms with Gasteiger partial charge in [-0.05, 0) is 55.6 Å². The molecule has 0 heterocycles. The van der Waals surface area contributed by atoms with Crippen molar-refractivity contribution in [2.75, 3.05) is 0 Å². The molecule has 0 atom stereocenters. The second kappa shape index (κ2) is 4.75. The third kappa shape index (κ3) is 1.60. The molecule has 0 fully saturated rings. The smallest absolute Gasteiger partial charge is 1.00 e. The number of fused-ring (bicyclic) bond motifs is 2. The summed E-state index contributed by atoms with van der Waals surface area (Å²) in [7, 11) is 0. The van der Waals surface area contributed by atoms with Gasteiger partial charge in [0.05, 0.1) is 0 Å². The predicted molar refractivity (Wildman–Crippen MR) is 93.5 cm³/mol. The molecule has 0 radical (unpaired) electrons. The summed E-state index contributed by atoms with van der Waals surface area (Å²) in [6.45, 7) is 2.22. The van der Waals surface area contributed by atoms with Crippen molar-refractivity contribution < 1.29 is 20.3 Å². The molecule has 0 aliphatic heterocycles. The van der Waals surface area contributed by atoms with Crippen LogP contribution < -0.4 is 18.9 Å². The van der Waals surface area contributed by atoms with Crippen LogP contribution in [0.2, 0.25) is 0 Å². The molecule has 22 heavy (non-hydrogen) atoms. The average molecular weight is 274 g/mol. The summed E-state index contributed by atoms with van der Waals surface area (Å²) >= 11 is 0. The fourth-order valence-corrected chi connectivity index (χ4v) is 3.83. The SMILES string of the molecule is Cc1ccc2cccc3c4cccc5cccc(c1c23)c54.[H-].[Li+]. The van der Waals surface area contributed by atoms with Crippen molar-refractivity contribution >= 4 is 43.1 Å². The molecule has 0 aliphatic carbocycles. The Morgan fingerprint density at radius 2 is 1.09 bits per heavy atom. The van der Waals surface area contributed by atoms with Crippen LogP contribution in [-0.4, -0.2) is 0 Å². The first-order valence-corrected chi connectivity index (χ1v) is 7.39. The zero-order chi connectivity index (χ0) is 14.0. The molecule has 1 heteroatoms. The molecular formula is C21H15Li. The van der Waals surface area contributed by atoms with E-state index in [1.54, 1.807) is 0 Å². The zero-order valence-corrected chi connectivity index (χ0v) is 12.9. The van der Waals surface area contributed by atoms with Gasteiger partial charge < -0.3 is 1.43 Å². The van der Waals surface area contributed by atoms with E-state index >= 15 is 0 Å². The summed E-state index contributed by atoms with van der Waals surface area (Å²) in [5.41, 5.74) is 1.36. The van der Waals surface area contributed by atoms with Crippen LogP contribution in [0.25, 0.3) is 43.1 Å². The Morgan fingerprint density at radius 1 is 0.545 bits per heavy atom. The van der Waals surface area contributed by atoms with Crippen LogP contribution in [0.4, 0.5) is 0 Å². The van der Waals surface area contributed by atoms with Crippen LogP contribution in [0.5, 0.6) is 0 Å². The van der Waals surface area contributed by atoms with Crippen molar-refractivity contribution in [1.82, 2.24) is 0 Å². The molecule has 0 N–H and O–H groups in total. The topological polar surface area (TPSA) is 0 Å². The van der Waals surface area contributed by atoms with E-state index in [4.69, 9.17) is 0 Å². The minimum absolute atomic E-state index is 0. The summed E-state index contributed by atoms with van der Waals surface area (Å²) in [6.07, 6.45) is 0. The maximum Gasteiger partial charge on any atom is 1.00 e. The van der Waals surface area contributed by atoms with Crippen LogP contribution in [0.1, 0.15) is 6.99 Å². The molecular weight excluding hydrogens is 259 g/mol. The number of rotatable bonds is 0. The molecule has 0 aromatic heterocycles. The van der Waals surface area contributed by atoms with Gasteiger partial charge in [-0.25, -0.2) is 0 Å². The summed E-state index contributed by atoms with van der Waals surface area (Å²) in [5.74, 6) is 0. The first-order valence-electron chi connectivity index (χ1n) is 7.39. The van der Waals surface area contributed by atoms with Gasteiger partial charge in [-0.3, -0.25) is 0 Å². The van der Waals surface area contributed by atoms with Crippen molar-refractivity contribution in [2.45, 2.75) is 6.92 Å². The number of benzene rings is 5. The molecule has 0 spiro atoms. The minimum atomic E-state index is 0. The van der Waals surface area contributed by atoms with Crippen molar-refractivity contribution in [1.29, 1.82) is 0 Å². The second-order valence-corrected chi connectivity index (χ2v) is 5.87. The Bertz CT molecular complexity index is 1140. The van der Waals surface area contributed by atoms with Gasteiger partial charge in [0.25, 0.3) is 0 Å². The number of hydrogen-bond donors (Lipinski definition) is 0. The molecule has 0 saturated carbocycles. The summed E-state index contributed by atoms with van der Waals surface area (Å²) < 4.78 is 0. The van der Waals surface area contributed by atoms with Crippen molar-refractivity contribution in [3.8, 4) is 0 Å². The molecule has 0 aliphatic rings. The third-order valence-corrected chi connectivity index (χ3v) is 4.72. The quantitative estimate of drug-likeness (QED) is 0.231. The van der Waals surface area contributed by atoms with Gasteiger partial charge in [0.1, 0.15) is 0 Å². The van der Waals surface area contributed by atoms with E-state index in [2.05, 4.69) is 73.7 Å². The van der Waals surface area contributed by atoms with Gasteiger partial charge in [0.15, 0.2) is 0 Å². The van der Waals surface area contributed by atoms with Crippen LogP contribution in [0.15, 0.2) is 66.7 Å². The Balaban J connectivity index is 0.000000781. The Labute approximate surface area is 142 Å². The zero-order valence-electron chi connectivity index (χ0n) is 13.9. The Morgan fingerprint density at radius 3 is 1.77 bits per heavy atom. The molecule has 0 nitrogen and oxygen atoms in total. The van der Waals surface area contributed by atoms with E-state index in [-0.39, 0.29) is 20.3 Å². The monoisotopic (exact) mass is 274 g/mol. The second-order valence-electron chi connectivity index (χ2n) is 5.87. The van der Waals surface area contributed by atoms with Crippen molar-refractivity contribution in [2.24, 2.45) is 0 Å². The van der Waals surface area contributed by atoms with Gasteiger partial charge in [-0.1, -0.05) is 66.7 Å². The maximum atomic E-state index is 2.27. The van der Waals surface area contributed by atoms with Gasteiger partial charge >= 0.3 is 18.9 Å². The molecule has 5 aromatic rings. The van der Waals surface area contributed by atoms with E-state index in [0.29, 0.717) is 0 Å². The molecule has 5 rings (SSSR count). The van der Waals surface area contributed by atoms with Crippen molar-refractivity contribution in [3.05, 3.63) is 72.3 Å². The van der Waals surface area contributed by atoms with E-state index in [1.165, 1.54) is 48.7 Å². The minimum Gasteiger partial charge on any atom is -1.00 e. The largest absolute Gasteiger partial charge is 1.00 e. The van der Waals surface area contributed by atoms with E-state index in [9.17, 15) is 0 Å².